The summed E-state index contributed by atoms with van der Waals surface area (Å²) in [6, 6.07) is 16.5. The molecule has 0 fully saturated rings. The Morgan fingerprint density at radius 3 is 2.92 bits per heavy atom. The number of aryl methyl sites for hydroxylation is 1. The second kappa shape index (κ2) is 7.81. The van der Waals surface area contributed by atoms with Gasteiger partial charge in [0.2, 0.25) is 5.91 Å². The van der Waals surface area contributed by atoms with Crippen LogP contribution in [0.3, 0.4) is 0 Å². The van der Waals surface area contributed by atoms with Crippen LogP contribution in [-0.2, 0) is 4.79 Å². The molecule has 0 aliphatic carbocycles. The van der Waals surface area contributed by atoms with Gasteiger partial charge in [-0.25, -0.2) is 5.43 Å². The zero-order valence-electron chi connectivity index (χ0n) is 13.6. The number of hydrogen-bond acceptors (Lipinski definition) is 5. The van der Waals surface area contributed by atoms with Gasteiger partial charge in [-0.1, -0.05) is 30.3 Å². The summed E-state index contributed by atoms with van der Waals surface area (Å²) in [6.07, 6.45) is 1.49. The minimum atomic E-state index is -0.194. The fourth-order valence-corrected chi connectivity index (χ4v) is 3.28. The Hall–Kier alpha value is -2.86. The summed E-state index contributed by atoms with van der Waals surface area (Å²) in [5, 5.41) is 14.3. The fourth-order valence-electron chi connectivity index (χ4n) is 2.35. The Morgan fingerprint density at radius 1 is 1.24 bits per heavy atom. The number of carbonyl (C=O) groups is 1. The van der Waals surface area contributed by atoms with Crippen molar-refractivity contribution in [3.05, 3.63) is 65.9 Å². The van der Waals surface area contributed by atoms with Crippen molar-refractivity contribution >= 4 is 34.8 Å². The number of fused-ring (bicyclic) bond motifs is 1. The highest BCUT2D eigenvalue weighted by atomic mass is 32.2. The van der Waals surface area contributed by atoms with E-state index in [-0.39, 0.29) is 17.4 Å². The van der Waals surface area contributed by atoms with Crippen molar-refractivity contribution in [3.8, 4) is 5.75 Å². The molecule has 0 bridgehead atoms. The summed E-state index contributed by atoms with van der Waals surface area (Å²) in [4.78, 5) is 17.5. The Bertz CT molecular complexity index is 941. The van der Waals surface area contributed by atoms with E-state index in [1.54, 1.807) is 24.3 Å². The van der Waals surface area contributed by atoms with Crippen LogP contribution in [0.25, 0.3) is 10.9 Å². The van der Waals surface area contributed by atoms with Crippen LogP contribution in [0.5, 0.6) is 5.75 Å². The van der Waals surface area contributed by atoms with E-state index in [0.29, 0.717) is 5.56 Å². The molecular formula is C19H17N3O2S. The number of pyridine rings is 1. The van der Waals surface area contributed by atoms with Crippen molar-refractivity contribution < 1.29 is 9.90 Å². The normalized spacial score (nSPS) is 11.1. The van der Waals surface area contributed by atoms with Crippen LogP contribution in [0.1, 0.15) is 11.3 Å². The highest BCUT2D eigenvalue weighted by Crippen LogP contribution is 2.27. The molecule has 3 rings (SSSR count). The minimum Gasteiger partial charge on any atom is -0.508 e. The van der Waals surface area contributed by atoms with Gasteiger partial charge in [0.15, 0.2) is 0 Å². The number of aromatic hydroxyl groups is 1. The van der Waals surface area contributed by atoms with Crippen molar-refractivity contribution in [1.29, 1.82) is 0 Å². The van der Waals surface area contributed by atoms with Crippen molar-refractivity contribution in [3.63, 3.8) is 0 Å². The number of aromatic nitrogens is 1. The van der Waals surface area contributed by atoms with E-state index in [4.69, 9.17) is 0 Å². The molecule has 0 aliphatic heterocycles. The average Bonchev–Trinajstić information content (AvgIpc) is 2.59. The Kier molecular flexibility index (Phi) is 5.30. The van der Waals surface area contributed by atoms with E-state index in [1.807, 2.05) is 37.3 Å². The van der Waals surface area contributed by atoms with Crippen LogP contribution in [-0.4, -0.2) is 28.0 Å². The molecule has 1 heterocycles. The first kappa shape index (κ1) is 17.0. The number of phenols is 1. The Morgan fingerprint density at radius 2 is 2.08 bits per heavy atom. The zero-order chi connectivity index (χ0) is 17.6. The largest absolute Gasteiger partial charge is 0.508 e. The summed E-state index contributed by atoms with van der Waals surface area (Å²) < 4.78 is 0. The van der Waals surface area contributed by atoms with Gasteiger partial charge >= 0.3 is 0 Å². The van der Waals surface area contributed by atoms with Crippen LogP contribution >= 0.6 is 11.8 Å². The molecule has 0 radical (unpaired) electrons. The second-order valence-corrected chi connectivity index (χ2v) is 6.47. The molecule has 0 spiro atoms. The first-order chi connectivity index (χ1) is 12.1. The fraction of sp³-hybridized carbons (Fsp3) is 0.105. The predicted molar refractivity (Wildman–Crippen MR) is 101 cm³/mol. The lowest BCUT2D eigenvalue weighted by Crippen LogP contribution is -2.19. The lowest BCUT2D eigenvalue weighted by molar-refractivity contribution is -0.118. The number of hydrazone groups is 1. The highest BCUT2D eigenvalue weighted by molar-refractivity contribution is 8.00. The molecule has 2 aromatic carbocycles. The lowest BCUT2D eigenvalue weighted by Gasteiger charge is -2.07. The molecule has 0 saturated carbocycles. The highest BCUT2D eigenvalue weighted by Gasteiger charge is 2.07. The number of phenolic OH excluding ortho intramolecular Hbond substituents is 1. The molecule has 1 aromatic heterocycles. The third-order valence-corrected chi connectivity index (χ3v) is 4.49. The number of para-hydroxylation sites is 1. The SMILES string of the molecule is Cc1cc(SCC(=O)N/N=C/c2cccc(O)c2)c2ccccc2n1. The van der Waals surface area contributed by atoms with Gasteiger partial charge in [0, 0.05) is 16.0 Å². The number of carbonyl (C=O) groups excluding carboxylic acids is 1. The first-order valence-corrected chi connectivity index (χ1v) is 8.70. The molecule has 0 aliphatic rings. The third-order valence-electron chi connectivity index (χ3n) is 3.44. The summed E-state index contributed by atoms with van der Waals surface area (Å²) >= 11 is 1.45. The number of nitrogens with one attached hydrogen (secondary N) is 1. The van der Waals surface area contributed by atoms with Crippen molar-refractivity contribution in [2.75, 3.05) is 5.75 Å². The first-order valence-electron chi connectivity index (χ1n) is 7.72. The van der Waals surface area contributed by atoms with Gasteiger partial charge in [-0.3, -0.25) is 9.78 Å². The number of hydrogen-bond donors (Lipinski definition) is 2. The van der Waals surface area contributed by atoms with Crippen LogP contribution in [0, 0.1) is 6.92 Å². The van der Waals surface area contributed by atoms with Crippen LogP contribution < -0.4 is 5.43 Å². The summed E-state index contributed by atoms with van der Waals surface area (Å²) in [5.74, 6) is 0.218. The quantitative estimate of drug-likeness (QED) is 0.419. The minimum absolute atomic E-state index is 0.158. The Labute approximate surface area is 149 Å². The number of amides is 1. The van der Waals surface area contributed by atoms with Crippen molar-refractivity contribution in [2.45, 2.75) is 11.8 Å². The number of thioether (sulfide) groups is 1. The van der Waals surface area contributed by atoms with Gasteiger partial charge in [0.05, 0.1) is 17.5 Å². The van der Waals surface area contributed by atoms with Gasteiger partial charge < -0.3 is 5.11 Å². The van der Waals surface area contributed by atoms with E-state index in [1.165, 1.54) is 18.0 Å². The number of nitrogens with zero attached hydrogens (tertiary/aromatic N) is 2. The van der Waals surface area contributed by atoms with Gasteiger partial charge in [0.25, 0.3) is 0 Å². The molecule has 1 amide bonds. The van der Waals surface area contributed by atoms with E-state index in [0.717, 1.165) is 21.5 Å². The van der Waals surface area contributed by atoms with E-state index in [9.17, 15) is 9.90 Å². The van der Waals surface area contributed by atoms with Crippen LogP contribution in [0.2, 0.25) is 0 Å². The van der Waals surface area contributed by atoms with Gasteiger partial charge in [-0.15, -0.1) is 11.8 Å². The van der Waals surface area contributed by atoms with E-state index in [2.05, 4.69) is 15.5 Å². The van der Waals surface area contributed by atoms with E-state index >= 15 is 0 Å². The van der Waals surface area contributed by atoms with Gasteiger partial charge in [-0.05, 0) is 36.8 Å². The molecule has 2 N–H and O–H groups in total. The predicted octanol–water partition coefficient (Wildman–Crippen LogP) is 3.49. The van der Waals surface area contributed by atoms with Crippen LogP contribution in [0.15, 0.2) is 64.6 Å². The smallest absolute Gasteiger partial charge is 0.250 e. The summed E-state index contributed by atoms with van der Waals surface area (Å²) in [7, 11) is 0. The summed E-state index contributed by atoms with van der Waals surface area (Å²) in [6.45, 7) is 1.94. The molecule has 0 atom stereocenters. The number of benzene rings is 2. The maximum absolute atomic E-state index is 12.0. The maximum atomic E-state index is 12.0. The molecule has 0 unspecified atom stereocenters. The van der Waals surface area contributed by atoms with Crippen molar-refractivity contribution in [1.82, 2.24) is 10.4 Å². The average molecular weight is 351 g/mol. The lowest BCUT2D eigenvalue weighted by atomic mass is 10.2. The van der Waals surface area contributed by atoms with Crippen LogP contribution in [0.4, 0.5) is 0 Å². The van der Waals surface area contributed by atoms with Gasteiger partial charge in [0.1, 0.15) is 5.75 Å². The third kappa shape index (κ3) is 4.58. The van der Waals surface area contributed by atoms with Crippen molar-refractivity contribution in [2.24, 2.45) is 5.10 Å². The van der Waals surface area contributed by atoms with E-state index < -0.39 is 0 Å². The zero-order valence-corrected chi connectivity index (χ0v) is 14.5. The molecule has 3 aromatic rings. The maximum Gasteiger partial charge on any atom is 0.250 e. The molecule has 0 saturated heterocycles. The van der Waals surface area contributed by atoms with Gasteiger partial charge in [-0.2, -0.15) is 5.10 Å². The molecular weight excluding hydrogens is 334 g/mol. The topological polar surface area (TPSA) is 74.6 Å². The standard InChI is InChI=1S/C19H17N3O2S/c1-13-9-18(16-7-2-3-8-17(16)21-13)25-12-19(24)22-20-11-14-5-4-6-15(23)10-14/h2-11,23H,12H2,1H3,(H,22,24)/b20-11+. The summed E-state index contributed by atoms with van der Waals surface area (Å²) in [5.41, 5.74) is 5.05. The monoisotopic (exact) mass is 351 g/mol. The molecule has 5 nitrogen and oxygen atoms in total. The Balaban J connectivity index is 1.61. The second-order valence-electron chi connectivity index (χ2n) is 5.46. The number of rotatable bonds is 5. The molecule has 6 heteroatoms. The molecule has 126 valence electrons. The molecule has 25 heavy (non-hydrogen) atoms.